The number of amides is 2. The first-order valence-corrected chi connectivity index (χ1v) is 14.3. The molecule has 2 aromatic heterocycles. The van der Waals surface area contributed by atoms with Gasteiger partial charge in [-0.3, -0.25) is 14.0 Å². The SMILES string of the molecule is C=C(/C=C\C(F)=C/C)[C@@H]1COCCN1C(=O)N1CC[C@@](O)(Cn2cnc(-c3ccnn3C)cc2=O)C2(CCCC2)C1. The molecule has 2 atom stereocenters. The van der Waals surface area contributed by atoms with Gasteiger partial charge in [0.05, 0.1) is 49.1 Å². The van der Waals surface area contributed by atoms with Gasteiger partial charge in [-0.15, -0.1) is 0 Å². The Labute approximate surface area is 239 Å². The molecule has 0 aromatic carbocycles. The minimum atomic E-state index is -1.17. The second-order valence-corrected chi connectivity index (χ2v) is 11.4. The summed E-state index contributed by atoms with van der Waals surface area (Å²) in [5.41, 5.74) is -0.0817. The molecule has 3 fully saturated rings. The van der Waals surface area contributed by atoms with Crippen molar-refractivity contribution in [3.63, 3.8) is 0 Å². The summed E-state index contributed by atoms with van der Waals surface area (Å²) < 4.78 is 22.5. The highest BCUT2D eigenvalue weighted by atomic mass is 19.1. The zero-order chi connectivity index (χ0) is 29.2. The van der Waals surface area contributed by atoms with Crippen LogP contribution in [0.25, 0.3) is 11.4 Å². The number of hydrogen-bond acceptors (Lipinski definition) is 6. The van der Waals surface area contributed by atoms with Crippen LogP contribution >= 0.6 is 0 Å². The number of piperidine rings is 1. The normalized spacial score (nSPS) is 24.9. The largest absolute Gasteiger partial charge is 0.387 e. The van der Waals surface area contributed by atoms with Crippen LogP contribution < -0.4 is 5.56 Å². The molecule has 3 aliphatic rings. The monoisotopic (exact) mass is 566 g/mol. The highest BCUT2D eigenvalue weighted by Crippen LogP contribution is 2.51. The molecule has 5 rings (SSSR count). The minimum Gasteiger partial charge on any atom is -0.387 e. The van der Waals surface area contributed by atoms with Crippen LogP contribution in [0.4, 0.5) is 9.18 Å². The van der Waals surface area contributed by atoms with Gasteiger partial charge in [0.25, 0.3) is 5.56 Å². The fraction of sp³-hybridized carbons (Fsp3) is 0.533. The maximum Gasteiger partial charge on any atom is 0.320 e. The molecule has 0 bridgehead atoms. The van der Waals surface area contributed by atoms with Crippen molar-refractivity contribution in [2.45, 2.75) is 57.2 Å². The first kappa shape index (κ1) is 28.9. The average molecular weight is 567 g/mol. The lowest BCUT2D eigenvalue weighted by molar-refractivity contribution is -0.137. The molecule has 0 unspecified atom stereocenters. The van der Waals surface area contributed by atoms with Crippen LogP contribution in [0, 0.1) is 5.41 Å². The summed E-state index contributed by atoms with van der Waals surface area (Å²) in [5.74, 6) is -0.375. The predicted octanol–water partition coefficient (Wildman–Crippen LogP) is 3.45. The Hall–Kier alpha value is -3.57. The molecular formula is C30H39FN6O4. The quantitative estimate of drug-likeness (QED) is 0.537. The Kier molecular flexibility index (Phi) is 8.28. The molecular weight excluding hydrogens is 527 g/mol. The van der Waals surface area contributed by atoms with E-state index in [0.29, 0.717) is 50.5 Å². The number of allylic oxidation sites excluding steroid dienone is 3. The molecule has 2 aromatic rings. The number of carbonyl (C=O) groups is 1. The van der Waals surface area contributed by atoms with Gasteiger partial charge >= 0.3 is 6.03 Å². The summed E-state index contributed by atoms with van der Waals surface area (Å²) >= 11 is 0. The van der Waals surface area contributed by atoms with Crippen LogP contribution in [0.2, 0.25) is 0 Å². The Morgan fingerprint density at radius 2 is 2.05 bits per heavy atom. The fourth-order valence-corrected chi connectivity index (χ4v) is 6.57. The summed E-state index contributed by atoms with van der Waals surface area (Å²) in [6.45, 7) is 7.67. The highest BCUT2D eigenvalue weighted by Gasteiger charge is 2.56. The van der Waals surface area contributed by atoms with Crippen molar-refractivity contribution in [1.29, 1.82) is 0 Å². The minimum absolute atomic E-state index is 0.116. The Morgan fingerprint density at radius 3 is 2.73 bits per heavy atom. The second-order valence-electron chi connectivity index (χ2n) is 11.4. The van der Waals surface area contributed by atoms with Crippen LogP contribution in [-0.2, 0) is 18.3 Å². The number of morpholine rings is 1. The van der Waals surface area contributed by atoms with Gasteiger partial charge < -0.3 is 19.6 Å². The third-order valence-corrected chi connectivity index (χ3v) is 9.04. The van der Waals surface area contributed by atoms with Crippen molar-refractivity contribution >= 4 is 6.03 Å². The smallest absolute Gasteiger partial charge is 0.320 e. The molecule has 0 radical (unpaired) electrons. The van der Waals surface area contributed by atoms with Gasteiger partial charge in [-0.05, 0) is 43.9 Å². The van der Waals surface area contributed by atoms with E-state index in [1.807, 2.05) is 4.90 Å². The van der Waals surface area contributed by atoms with Crippen LogP contribution in [0.15, 0.2) is 65.7 Å². The molecule has 4 heterocycles. The van der Waals surface area contributed by atoms with Crippen molar-refractivity contribution in [3.05, 3.63) is 71.2 Å². The number of halogens is 1. The number of aromatic nitrogens is 4. The van der Waals surface area contributed by atoms with E-state index < -0.39 is 17.1 Å². The first-order chi connectivity index (χ1) is 19.7. The van der Waals surface area contributed by atoms with Crippen LogP contribution in [0.1, 0.15) is 39.0 Å². The zero-order valence-corrected chi connectivity index (χ0v) is 23.8. The summed E-state index contributed by atoms with van der Waals surface area (Å²) in [5, 5.41) is 16.3. The first-order valence-electron chi connectivity index (χ1n) is 14.3. The van der Waals surface area contributed by atoms with Crippen molar-refractivity contribution in [2.75, 3.05) is 32.8 Å². The number of ether oxygens (including phenoxy) is 1. The second kappa shape index (κ2) is 11.7. The van der Waals surface area contributed by atoms with E-state index in [1.54, 1.807) is 41.9 Å². The van der Waals surface area contributed by atoms with Gasteiger partial charge in [0.15, 0.2) is 0 Å². The van der Waals surface area contributed by atoms with Crippen LogP contribution in [0.3, 0.4) is 0 Å². The Bertz CT molecular complexity index is 1410. The van der Waals surface area contributed by atoms with Crippen LogP contribution in [-0.4, -0.2) is 84.8 Å². The van der Waals surface area contributed by atoms with E-state index in [-0.39, 0.29) is 24.0 Å². The van der Waals surface area contributed by atoms with Crippen molar-refractivity contribution in [2.24, 2.45) is 12.5 Å². The zero-order valence-electron chi connectivity index (χ0n) is 23.8. The molecule has 2 aliphatic heterocycles. The van der Waals surface area contributed by atoms with Gasteiger partial charge in [-0.25, -0.2) is 14.2 Å². The summed E-state index contributed by atoms with van der Waals surface area (Å²) in [4.78, 5) is 35.1. The van der Waals surface area contributed by atoms with Crippen molar-refractivity contribution < 1.29 is 19.0 Å². The van der Waals surface area contributed by atoms with Gasteiger partial charge in [-0.1, -0.05) is 31.6 Å². The molecule has 11 heteroatoms. The molecule has 1 aliphatic carbocycles. The molecule has 2 saturated heterocycles. The van der Waals surface area contributed by atoms with Crippen molar-refractivity contribution in [3.8, 4) is 11.4 Å². The Balaban J connectivity index is 1.34. The lowest BCUT2D eigenvalue weighted by Crippen LogP contribution is -2.64. The van der Waals surface area contributed by atoms with Gasteiger partial charge in [0, 0.05) is 44.4 Å². The van der Waals surface area contributed by atoms with E-state index in [4.69, 9.17) is 4.74 Å². The lowest BCUT2D eigenvalue weighted by Gasteiger charge is -2.53. The summed E-state index contributed by atoms with van der Waals surface area (Å²) in [6.07, 6.45) is 11.2. The Morgan fingerprint density at radius 1 is 1.27 bits per heavy atom. The average Bonchev–Trinajstić information content (AvgIpc) is 3.63. The number of urea groups is 1. The topological polar surface area (TPSA) is 106 Å². The third kappa shape index (κ3) is 5.65. The lowest BCUT2D eigenvalue weighted by atomic mass is 9.66. The highest BCUT2D eigenvalue weighted by molar-refractivity contribution is 5.76. The molecule has 2 amide bonds. The number of aliphatic hydroxyl groups is 1. The maximum atomic E-state index is 13.9. The fourth-order valence-electron chi connectivity index (χ4n) is 6.57. The maximum absolute atomic E-state index is 13.9. The third-order valence-electron chi connectivity index (χ3n) is 9.04. The number of carbonyl (C=O) groups excluding carboxylic acids is 1. The van der Waals surface area contributed by atoms with E-state index in [1.165, 1.54) is 29.1 Å². The van der Waals surface area contributed by atoms with E-state index in [2.05, 4.69) is 16.7 Å². The molecule has 1 saturated carbocycles. The standard InChI is InChI=1S/C30H39FN6O4/c1-4-23(31)8-7-22(2)26-18-41-16-15-37(26)28(39)35-14-12-30(40,29(19-35)10-5-6-11-29)20-36-21-32-24(17-27(36)38)25-9-13-33-34(25)3/h4,7-9,13,17,21,26,40H,2,5-6,10-12,14-16,18-20H2,1,3H3/b8-7-,23-4+/t26-,30+/m0/s1. The number of rotatable bonds is 6. The van der Waals surface area contributed by atoms with Crippen LogP contribution in [0.5, 0.6) is 0 Å². The number of hydrogen-bond donors (Lipinski definition) is 1. The molecule has 10 nitrogen and oxygen atoms in total. The molecule has 220 valence electrons. The summed E-state index contributed by atoms with van der Waals surface area (Å²) in [6, 6.07) is 2.74. The summed E-state index contributed by atoms with van der Waals surface area (Å²) in [7, 11) is 1.79. The molecule has 41 heavy (non-hydrogen) atoms. The van der Waals surface area contributed by atoms with E-state index >= 15 is 0 Å². The van der Waals surface area contributed by atoms with Gasteiger partial charge in [0.1, 0.15) is 5.83 Å². The molecule has 1 N–H and O–H groups in total. The van der Waals surface area contributed by atoms with Crippen molar-refractivity contribution in [1.82, 2.24) is 29.1 Å². The van der Waals surface area contributed by atoms with E-state index in [9.17, 15) is 19.1 Å². The molecule has 1 spiro atoms. The van der Waals surface area contributed by atoms with E-state index in [0.717, 1.165) is 31.4 Å². The number of aryl methyl sites for hydroxylation is 1. The number of likely N-dealkylation sites (tertiary alicyclic amines) is 1. The predicted molar refractivity (Wildman–Crippen MR) is 153 cm³/mol. The van der Waals surface area contributed by atoms with Gasteiger partial charge in [0.2, 0.25) is 0 Å². The van der Waals surface area contributed by atoms with Gasteiger partial charge in [-0.2, -0.15) is 5.10 Å². The number of nitrogens with zero attached hydrogens (tertiary/aromatic N) is 6.